The van der Waals surface area contributed by atoms with Crippen molar-refractivity contribution in [3.05, 3.63) is 47.7 Å². The van der Waals surface area contributed by atoms with Gasteiger partial charge in [-0.3, -0.25) is 9.88 Å². The number of hydrogen-bond acceptors (Lipinski definition) is 12. The fourth-order valence-electron chi connectivity index (χ4n) is 9.65. The number of anilines is 1. The smallest absolute Gasteiger partial charge is 0.415 e. The SMILES string of the molecule is C[C@@]12C[C@@H](F)CN(C1)c1nc(OC[C@@]34CCCN3C[C@H](F)C4)nc3c(F)c(ncc13)-c1cc(OC(=O)N3CCOCC(C#N)C3)cc3ccc(F)c(c13)CCCOC(=O)N2. The van der Waals surface area contributed by atoms with Crippen LogP contribution in [0.4, 0.5) is 33.0 Å². The third-order valence-electron chi connectivity index (χ3n) is 12.3. The molecule has 2 aromatic carbocycles. The number of halogens is 4. The lowest BCUT2D eigenvalue weighted by atomic mass is 9.90. The standard InChI is InChI=1S/C42H44F4N8O6/c1-41-14-26(43)19-53(22-41)37-31-17-48-35(34(46)36(31)49-38(50-37)59-23-42-7-3-8-54(42)20-27(44)15-42)30-13-28(60-40(56)52-9-11-57-21-24(16-47)18-52)12-25-5-6-32(45)29(33(25)30)4-2-10-58-39(55)51-41/h5-6,12-13,17,24,26-27H,2-4,7-11,14-15,18-23H2,1H3,(H,51,55)/t24?,26-,27-,41-,42+/m1/s1. The van der Waals surface area contributed by atoms with Gasteiger partial charge in [-0.15, -0.1) is 0 Å². The molecule has 0 spiro atoms. The Morgan fingerprint density at radius 3 is 2.78 bits per heavy atom. The van der Waals surface area contributed by atoms with E-state index >= 15 is 13.2 Å². The van der Waals surface area contributed by atoms with Gasteiger partial charge < -0.3 is 34.1 Å². The Morgan fingerprint density at radius 1 is 1.08 bits per heavy atom. The first-order valence-corrected chi connectivity index (χ1v) is 20.3. The van der Waals surface area contributed by atoms with Crippen LogP contribution in [0, 0.1) is 28.9 Å². The van der Waals surface area contributed by atoms with E-state index in [4.69, 9.17) is 23.9 Å². The Balaban J connectivity index is 1.20. The number of pyridine rings is 1. The highest BCUT2D eigenvalue weighted by molar-refractivity contribution is 6.02. The Kier molecular flexibility index (Phi) is 10.5. The Morgan fingerprint density at radius 2 is 1.93 bits per heavy atom. The maximum absolute atomic E-state index is 17.6. The fourth-order valence-corrected chi connectivity index (χ4v) is 9.65. The third kappa shape index (κ3) is 7.57. The Bertz CT molecular complexity index is 2400. The molecule has 4 saturated heterocycles. The van der Waals surface area contributed by atoms with Gasteiger partial charge in [0.1, 0.15) is 47.5 Å². The first kappa shape index (κ1) is 39.9. The number of carbonyl (C=O) groups is 2. The third-order valence-corrected chi connectivity index (χ3v) is 12.3. The lowest BCUT2D eigenvalue weighted by molar-refractivity contribution is 0.107. The molecule has 8 heterocycles. The van der Waals surface area contributed by atoms with E-state index in [9.17, 15) is 19.2 Å². The van der Waals surface area contributed by atoms with E-state index in [1.165, 1.54) is 35.4 Å². The number of alkyl carbamates (subject to hydrolysis) is 1. The molecule has 18 heteroatoms. The predicted octanol–water partition coefficient (Wildman–Crippen LogP) is 6.03. The molecule has 10 rings (SSSR count). The summed E-state index contributed by atoms with van der Waals surface area (Å²) in [6.07, 6.45) is -0.627. The normalized spacial score (nSPS) is 27.3. The molecule has 2 aromatic heterocycles. The summed E-state index contributed by atoms with van der Waals surface area (Å²) in [5.74, 6) is -1.99. The molecule has 2 amide bonds. The monoisotopic (exact) mass is 832 g/mol. The van der Waals surface area contributed by atoms with Gasteiger partial charge in [0.05, 0.1) is 54.8 Å². The highest BCUT2D eigenvalue weighted by Crippen LogP contribution is 2.43. The summed E-state index contributed by atoms with van der Waals surface area (Å²) in [5, 5.41) is 13.1. The van der Waals surface area contributed by atoms with Crippen LogP contribution in [0.3, 0.4) is 0 Å². The summed E-state index contributed by atoms with van der Waals surface area (Å²) in [6.45, 7) is 3.13. The number of aryl methyl sites for hydroxylation is 1. The van der Waals surface area contributed by atoms with Crippen molar-refractivity contribution in [1.29, 1.82) is 5.26 Å². The van der Waals surface area contributed by atoms with Crippen LogP contribution in [0.2, 0.25) is 0 Å². The Hall–Kier alpha value is -5.54. The Labute approximate surface area is 342 Å². The summed E-state index contributed by atoms with van der Waals surface area (Å²) in [4.78, 5) is 45.5. The molecule has 0 radical (unpaired) electrons. The molecule has 14 nitrogen and oxygen atoms in total. The number of alkyl halides is 2. The highest BCUT2D eigenvalue weighted by Gasteiger charge is 2.49. The van der Waals surface area contributed by atoms with E-state index in [-0.39, 0.29) is 136 Å². The second kappa shape index (κ2) is 15.8. The van der Waals surface area contributed by atoms with E-state index < -0.39 is 53.2 Å². The molecular weight excluding hydrogens is 789 g/mol. The quantitative estimate of drug-likeness (QED) is 0.239. The van der Waals surface area contributed by atoms with Crippen molar-refractivity contribution in [2.75, 3.05) is 70.6 Å². The molecule has 6 aliphatic rings. The number of rotatable bonds is 4. The number of amides is 2. The van der Waals surface area contributed by atoms with E-state index in [2.05, 4.69) is 26.3 Å². The summed E-state index contributed by atoms with van der Waals surface area (Å²) in [5.41, 5.74) is -1.94. The van der Waals surface area contributed by atoms with Crippen LogP contribution in [-0.4, -0.2) is 126 Å². The second-order valence-electron chi connectivity index (χ2n) is 16.8. The van der Waals surface area contributed by atoms with Crippen LogP contribution in [0.15, 0.2) is 30.5 Å². The number of fused-ring (bicyclic) bond motifs is 7. The molecular formula is C42H44F4N8O6. The summed E-state index contributed by atoms with van der Waals surface area (Å²) < 4.78 is 87.0. The first-order valence-electron chi connectivity index (χ1n) is 20.3. The minimum atomic E-state index is -1.44. The summed E-state index contributed by atoms with van der Waals surface area (Å²) in [7, 11) is 0. The first-order chi connectivity index (χ1) is 28.9. The lowest BCUT2D eigenvalue weighted by Crippen LogP contribution is -2.60. The molecule has 0 saturated carbocycles. The number of benzene rings is 2. The summed E-state index contributed by atoms with van der Waals surface area (Å²) in [6, 6.07) is 7.58. The van der Waals surface area contributed by atoms with Gasteiger partial charge in [0, 0.05) is 50.8 Å². The fraction of sp³-hybridized carbons (Fsp3) is 0.524. The van der Waals surface area contributed by atoms with E-state index in [0.717, 1.165) is 6.42 Å². The maximum atomic E-state index is 17.6. The average molecular weight is 833 g/mol. The second-order valence-corrected chi connectivity index (χ2v) is 16.8. The van der Waals surface area contributed by atoms with Crippen molar-refractivity contribution in [1.82, 2.24) is 30.1 Å². The van der Waals surface area contributed by atoms with Crippen LogP contribution in [-0.2, 0) is 15.9 Å². The van der Waals surface area contributed by atoms with Gasteiger partial charge in [0.2, 0.25) is 0 Å². The molecule has 0 aliphatic carbocycles. The summed E-state index contributed by atoms with van der Waals surface area (Å²) >= 11 is 0. The van der Waals surface area contributed by atoms with Crippen LogP contribution in [0.1, 0.15) is 44.6 Å². The lowest BCUT2D eigenvalue weighted by Gasteiger charge is -2.42. The van der Waals surface area contributed by atoms with E-state index in [0.29, 0.717) is 18.4 Å². The van der Waals surface area contributed by atoms with Crippen LogP contribution in [0.5, 0.6) is 11.8 Å². The maximum Gasteiger partial charge on any atom is 0.415 e. The van der Waals surface area contributed by atoms with Gasteiger partial charge in [-0.2, -0.15) is 15.2 Å². The number of carbonyl (C=O) groups excluding carboxylic acids is 2. The molecule has 1 unspecified atom stereocenters. The van der Waals surface area contributed by atoms with Gasteiger partial charge in [-0.05, 0) is 73.7 Å². The zero-order valence-corrected chi connectivity index (χ0v) is 33.0. The molecule has 4 aromatic rings. The van der Waals surface area contributed by atoms with Gasteiger partial charge in [0.25, 0.3) is 0 Å². The van der Waals surface area contributed by atoms with Crippen molar-refractivity contribution < 1.29 is 46.1 Å². The minimum Gasteiger partial charge on any atom is -0.461 e. The molecule has 60 heavy (non-hydrogen) atoms. The number of piperidine rings is 1. The average Bonchev–Trinajstić information content (AvgIpc) is 3.62. The molecule has 316 valence electrons. The highest BCUT2D eigenvalue weighted by atomic mass is 19.1. The minimum absolute atomic E-state index is 0.00279. The molecule has 6 aliphatic heterocycles. The van der Waals surface area contributed by atoms with Crippen molar-refractivity contribution in [2.45, 2.75) is 68.9 Å². The number of nitrogens with zero attached hydrogens (tertiary/aromatic N) is 7. The van der Waals surface area contributed by atoms with Crippen LogP contribution < -0.4 is 19.7 Å². The van der Waals surface area contributed by atoms with Crippen LogP contribution in [0.25, 0.3) is 32.9 Å². The van der Waals surface area contributed by atoms with Gasteiger partial charge in [-0.25, -0.2) is 27.2 Å². The zero-order chi connectivity index (χ0) is 41.8. The van der Waals surface area contributed by atoms with Crippen molar-refractivity contribution in [3.8, 4) is 29.1 Å². The number of nitriles is 1. The molecule has 5 atom stereocenters. The van der Waals surface area contributed by atoms with E-state index in [1.54, 1.807) is 11.8 Å². The van der Waals surface area contributed by atoms with Gasteiger partial charge in [0.15, 0.2) is 5.82 Å². The van der Waals surface area contributed by atoms with E-state index in [1.807, 2.05) is 0 Å². The van der Waals surface area contributed by atoms with Crippen LogP contribution >= 0.6 is 0 Å². The predicted molar refractivity (Wildman–Crippen MR) is 209 cm³/mol. The largest absolute Gasteiger partial charge is 0.461 e. The number of hydrogen-bond donors (Lipinski definition) is 1. The zero-order valence-electron chi connectivity index (χ0n) is 33.0. The van der Waals surface area contributed by atoms with Crippen molar-refractivity contribution in [3.63, 3.8) is 0 Å². The molecule has 1 N–H and O–H groups in total. The topological polar surface area (TPSA) is 155 Å². The van der Waals surface area contributed by atoms with Gasteiger partial charge in [-0.1, -0.05) is 6.07 Å². The van der Waals surface area contributed by atoms with Gasteiger partial charge >= 0.3 is 18.2 Å². The molecule has 4 fully saturated rings. The van der Waals surface area contributed by atoms with Crippen molar-refractivity contribution in [2.24, 2.45) is 5.92 Å². The number of nitrogens with one attached hydrogen (secondary N) is 1. The number of ether oxygens (including phenoxy) is 4. The number of aromatic nitrogens is 3. The molecule has 6 bridgehead atoms. The van der Waals surface area contributed by atoms with Crippen molar-refractivity contribution >= 4 is 39.7 Å².